The molecular weight excluding hydrogens is 510 g/mol. The normalized spacial score (nSPS) is 14.9. The summed E-state index contributed by atoms with van der Waals surface area (Å²) in [6, 6.07) is -1.10. The summed E-state index contributed by atoms with van der Waals surface area (Å²) in [7, 11) is -4.35. The van der Waals surface area contributed by atoms with Crippen LogP contribution < -0.4 is 5.32 Å². The van der Waals surface area contributed by atoms with Gasteiger partial charge in [-0.2, -0.15) is 8.42 Å². The molecule has 0 fully saturated rings. The Morgan fingerprint density at radius 3 is 1.67 bits per heavy atom. The predicted octanol–water partition coefficient (Wildman–Crippen LogP) is 7.33. The summed E-state index contributed by atoms with van der Waals surface area (Å²) in [5.41, 5.74) is 0. The Morgan fingerprint density at radius 2 is 1.21 bits per heavy atom. The zero-order valence-corrected chi connectivity index (χ0v) is 24.8. The number of carbonyl (C=O) groups is 1. The third-order valence-electron chi connectivity index (χ3n) is 5.59. The maximum atomic E-state index is 12.3. The first kappa shape index (κ1) is 36.5. The van der Waals surface area contributed by atoms with Gasteiger partial charge in [0.1, 0.15) is 0 Å². The van der Waals surface area contributed by atoms with E-state index in [0.717, 1.165) is 64.2 Å². The van der Waals surface area contributed by atoms with Crippen LogP contribution in [0.25, 0.3) is 0 Å². The molecule has 2 unspecified atom stereocenters. The van der Waals surface area contributed by atoms with Crippen LogP contribution in [0.1, 0.15) is 90.9 Å². The number of rotatable bonds is 23. The highest BCUT2D eigenvalue weighted by Crippen LogP contribution is 2.06. The Balaban J connectivity index is 4.18. The van der Waals surface area contributed by atoms with Crippen molar-refractivity contribution in [1.29, 1.82) is 0 Å². The molecule has 0 radical (unpaired) electrons. The second kappa shape index (κ2) is 25.8. The SMILES string of the molecule is CC/C=C\C/C=C\C/C=C\C/C=C\C/C=C\C/C=C\CCC(=O)NC(CS(=O)(=O)O)C(O)/C=C/CCCCC. The van der Waals surface area contributed by atoms with E-state index in [0.29, 0.717) is 6.42 Å². The van der Waals surface area contributed by atoms with Crippen molar-refractivity contribution in [2.24, 2.45) is 0 Å². The first-order chi connectivity index (χ1) is 18.8. The Morgan fingerprint density at radius 1 is 0.718 bits per heavy atom. The summed E-state index contributed by atoms with van der Waals surface area (Å²) in [5, 5.41) is 12.8. The fraction of sp³-hybridized carbons (Fsp3) is 0.531. The van der Waals surface area contributed by atoms with Crippen LogP contribution in [-0.4, -0.2) is 41.9 Å². The lowest BCUT2D eigenvalue weighted by Gasteiger charge is -2.20. The summed E-state index contributed by atoms with van der Waals surface area (Å²) >= 11 is 0. The number of amides is 1. The summed E-state index contributed by atoms with van der Waals surface area (Å²) in [6.07, 6.45) is 37.6. The molecule has 3 N–H and O–H groups in total. The summed E-state index contributed by atoms with van der Waals surface area (Å²) in [6.45, 7) is 4.23. The van der Waals surface area contributed by atoms with Gasteiger partial charge in [0.25, 0.3) is 10.1 Å². The molecule has 0 rings (SSSR count). The highest BCUT2D eigenvalue weighted by Gasteiger charge is 2.24. The van der Waals surface area contributed by atoms with E-state index in [1.165, 1.54) is 6.08 Å². The molecule has 0 bridgehead atoms. The molecule has 0 aliphatic carbocycles. The molecule has 0 aromatic heterocycles. The second-order valence-electron chi connectivity index (χ2n) is 9.29. The average molecular weight is 562 g/mol. The van der Waals surface area contributed by atoms with Crippen LogP contribution >= 0.6 is 0 Å². The van der Waals surface area contributed by atoms with Crippen molar-refractivity contribution in [3.63, 3.8) is 0 Å². The minimum atomic E-state index is -4.35. The monoisotopic (exact) mass is 561 g/mol. The third-order valence-corrected chi connectivity index (χ3v) is 6.37. The van der Waals surface area contributed by atoms with Crippen LogP contribution in [0.4, 0.5) is 0 Å². The molecule has 0 spiro atoms. The van der Waals surface area contributed by atoms with Gasteiger partial charge in [0.05, 0.1) is 17.9 Å². The van der Waals surface area contributed by atoms with Gasteiger partial charge in [-0.05, 0) is 57.8 Å². The van der Waals surface area contributed by atoms with Gasteiger partial charge in [0.2, 0.25) is 5.91 Å². The summed E-state index contributed by atoms with van der Waals surface area (Å²) < 4.78 is 31.8. The van der Waals surface area contributed by atoms with E-state index >= 15 is 0 Å². The Hall–Kier alpha value is -2.48. The fourth-order valence-electron chi connectivity index (χ4n) is 3.47. The third kappa shape index (κ3) is 26.9. The van der Waals surface area contributed by atoms with Gasteiger partial charge in [-0.3, -0.25) is 9.35 Å². The number of carbonyl (C=O) groups excluding carboxylic acids is 1. The average Bonchev–Trinajstić information content (AvgIpc) is 2.88. The molecule has 39 heavy (non-hydrogen) atoms. The van der Waals surface area contributed by atoms with E-state index in [1.807, 2.05) is 12.2 Å². The molecule has 0 aliphatic heterocycles. The molecule has 7 heteroatoms. The van der Waals surface area contributed by atoms with Crippen LogP contribution in [0.15, 0.2) is 85.1 Å². The molecule has 2 atom stereocenters. The topological polar surface area (TPSA) is 104 Å². The maximum absolute atomic E-state index is 12.3. The fourth-order valence-corrected chi connectivity index (χ4v) is 4.20. The van der Waals surface area contributed by atoms with Gasteiger partial charge < -0.3 is 10.4 Å². The number of allylic oxidation sites excluding steroid dienone is 13. The van der Waals surface area contributed by atoms with E-state index in [-0.39, 0.29) is 12.3 Å². The molecule has 0 saturated heterocycles. The number of aliphatic hydroxyl groups is 1. The van der Waals surface area contributed by atoms with Crippen molar-refractivity contribution in [2.75, 3.05) is 5.75 Å². The number of nitrogens with one attached hydrogen (secondary N) is 1. The molecular formula is C32H51NO5S. The number of aliphatic hydroxyl groups excluding tert-OH is 1. The Kier molecular flexibility index (Phi) is 24.1. The van der Waals surface area contributed by atoms with Crippen LogP contribution in [-0.2, 0) is 14.9 Å². The lowest BCUT2D eigenvalue weighted by molar-refractivity contribution is -0.122. The molecule has 6 nitrogen and oxygen atoms in total. The zero-order chi connectivity index (χ0) is 29.0. The smallest absolute Gasteiger partial charge is 0.267 e. The van der Waals surface area contributed by atoms with Gasteiger partial charge in [-0.1, -0.05) is 112 Å². The van der Waals surface area contributed by atoms with Crippen LogP contribution in [0.2, 0.25) is 0 Å². The Bertz CT molecular complexity index is 926. The minimum absolute atomic E-state index is 0.164. The maximum Gasteiger partial charge on any atom is 0.267 e. The van der Waals surface area contributed by atoms with Gasteiger partial charge in [0, 0.05) is 6.42 Å². The number of hydrogen-bond acceptors (Lipinski definition) is 4. The van der Waals surface area contributed by atoms with Crippen molar-refractivity contribution in [3.05, 3.63) is 85.1 Å². The number of unbranched alkanes of at least 4 members (excludes halogenated alkanes) is 3. The molecule has 0 heterocycles. The van der Waals surface area contributed by atoms with Crippen LogP contribution in [0.3, 0.4) is 0 Å². The lowest BCUT2D eigenvalue weighted by Crippen LogP contribution is -2.46. The molecule has 0 saturated carbocycles. The molecule has 220 valence electrons. The van der Waals surface area contributed by atoms with Crippen molar-refractivity contribution >= 4 is 16.0 Å². The minimum Gasteiger partial charge on any atom is -0.387 e. The zero-order valence-electron chi connectivity index (χ0n) is 24.0. The highest BCUT2D eigenvalue weighted by atomic mass is 32.2. The highest BCUT2D eigenvalue weighted by molar-refractivity contribution is 7.85. The van der Waals surface area contributed by atoms with E-state index in [1.54, 1.807) is 6.08 Å². The van der Waals surface area contributed by atoms with E-state index in [4.69, 9.17) is 0 Å². The van der Waals surface area contributed by atoms with Gasteiger partial charge in [0.15, 0.2) is 0 Å². The van der Waals surface area contributed by atoms with Crippen LogP contribution in [0, 0.1) is 0 Å². The quantitative estimate of drug-likeness (QED) is 0.0688. The first-order valence-corrected chi connectivity index (χ1v) is 15.9. The lowest BCUT2D eigenvalue weighted by atomic mass is 10.1. The van der Waals surface area contributed by atoms with E-state index < -0.39 is 28.0 Å². The van der Waals surface area contributed by atoms with E-state index in [9.17, 15) is 22.9 Å². The molecule has 0 aliphatic rings. The van der Waals surface area contributed by atoms with Gasteiger partial charge >= 0.3 is 0 Å². The molecule has 0 aromatic rings. The van der Waals surface area contributed by atoms with Crippen molar-refractivity contribution in [2.45, 2.75) is 103 Å². The van der Waals surface area contributed by atoms with Crippen molar-refractivity contribution < 1.29 is 22.9 Å². The largest absolute Gasteiger partial charge is 0.387 e. The summed E-state index contributed by atoms with van der Waals surface area (Å²) in [4.78, 5) is 12.3. The van der Waals surface area contributed by atoms with Gasteiger partial charge in [-0.25, -0.2) is 0 Å². The van der Waals surface area contributed by atoms with Crippen molar-refractivity contribution in [3.8, 4) is 0 Å². The van der Waals surface area contributed by atoms with Crippen LogP contribution in [0.5, 0.6) is 0 Å². The summed E-state index contributed by atoms with van der Waals surface area (Å²) in [5.74, 6) is -1.11. The molecule has 1 amide bonds. The van der Waals surface area contributed by atoms with E-state index in [2.05, 4.69) is 79.9 Å². The van der Waals surface area contributed by atoms with Gasteiger partial charge in [-0.15, -0.1) is 0 Å². The predicted molar refractivity (Wildman–Crippen MR) is 165 cm³/mol. The standard InChI is InChI=1S/C32H51NO5S/c1-3-5-7-9-10-11-12-13-14-15-16-17-18-19-20-21-22-24-26-28-32(35)33-30(29-39(36,37)38)31(34)27-25-23-8-6-4-2/h5,7,10-11,13-14,16-17,19-20,22,24-25,27,30-31,34H,3-4,6,8-9,12,15,18,21,23,26,28-29H2,1-2H3,(H,33,35)(H,36,37,38)/b7-5-,11-10-,14-13-,17-16-,20-19-,24-22-,27-25+. The molecule has 0 aromatic carbocycles. The second-order valence-corrected chi connectivity index (χ2v) is 10.8. The van der Waals surface area contributed by atoms with Crippen molar-refractivity contribution in [1.82, 2.24) is 5.32 Å². The number of hydrogen-bond donors (Lipinski definition) is 3. The Labute approximate surface area is 237 Å². The first-order valence-electron chi connectivity index (χ1n) is 14.3.